The van der Waals surface area contributed by atoms with Gasteiger partial charge in [-0.25, -0.2) is 19.4 Å². The largest absolute Gasteiger partial charge is 0.467 e. The number of esters is 1. The lowest BCUT2D eigenvalue weighted by Gasteiger charge is -2.19. The number of rotatable bonds is 7. The first-order chi connectivity index (χ1) is 14.3. The molecule has 3 amide bonds. The molecule has 0 spiro atoms. The van der Waals surface area contributed by atoms with Crippen molar-refractivity contribution in [3.05, 3.63) is 16.1 Å². The Morgan fingerprint density at radius 1 is 1.23 bits per heavy atom. The number of alkyl carbamates (subject to hydrolysis) is 1. The van der Waals surface area contributed by atoms with E-state index in [4.69, 9.17) is 4.74 Å². The van der Waals surface area contributed by atoms with Crippen LogP contribution in [-0.2, 0) is 20.8 Å². The second-order valence-corrected chi connectivity index (χ2v) is 9.20. The molecular formula is C21H38N4O5S. The topological polar surface area (TPSA) is 110 Å². The Hall–Kier alpha value is -2.36. The van der Waals surface area contributed by atoms with Crippen molar-refractivity contribution < 1.29 is 23.9 Å². The highest BCUT2D eigenvalue weighted by Crippen LogP contribution is 2.19. The van der Waals surface area contributed by atoms with Gasteiger partial charge in [-0.05, 0) is 34.1 Å². The minimum absolute atomic E-state index is 0.331. The normalized spacial score (nSPS) is 11.7. The molecule has 1 aromatic rings. The van der Waals surface area contributed by atoms with Gasteiger partial charge in [-0.2, -0.15) is 0 Å². The number of carbonyl (C=O) groups excluding carboxylic acids is 3. The third-order valence-corrected chi connectivity index (χ3v) is 4.82. The third kappa shape index (κ3) is 12.8. The number of urea groups is 1. The van der Waals surface area contributed by atoms with E-state index in [1.165, 1.54) is 12.0 Å². The van der Waals surface area contributed by atoms with Gasteiger partial charge < -0.3 is 25.0 Å². The van der Waals surface area contributed by atoms with Crippen LogP contribution < -0.4 is 10.6 Å². The van der Waals surface area contributed by atoms with Gasteiger partial charge in [-0.3, -0.25) is 0 Å². The van der Waals surface area contributed by atoms with E-state index < -0.39 is 17.6 Å². The van der Waals surface area contributed by atoms with Crippen LogP contribution in [0.25, 0.3) is 0 Å². The second-order valence-electron chi connectivity index (χ2n) is 8.31. The monoisotopic (exact) mass is 458 g/mol. The Kier molecular flexibility index (Phi) is 12.8. The lowest BCUT2D eigenvalue weighted by molar-refractivity contribution is -0.142. The fourth-order valence-corrected chi connectivity index (χ4v) is 2.87. The Bertz CT molecular complexity index is 700. The van der Waals surface area contributed by atoms with Gasteiger partial charge in [0.25, 0.3) is 0 Å². The van der Waals surface area contributed by atoms with Crippen molar-refractivity contribution in [1.29, 1.82) is 0 Å². The van der Waals surface area contributed by atoms with E-state index in [-0.39, 0.29) is 12.1 Å². The highest BCUT2D eigenvalue weighted by molar-refractivity contribution is 7.09. The molecule has 10 heteroatoms. The van der Waals surface area contributed by atoms with Crippen LogP contribution in [0.1, 0.15) is 71.5 Å². The lowest BCUT2D eigenvalue weighted by atomic mass is 10.2. The molecule has 1 heterocycles. The van der Waals surface area contributed by atoms with Crippen LogP contribution >= 0.6 is 11.3 Å². The van der Waals surface area contributed by atoms with Gasteiger partial charge >= 0.3 is 18.1 Å². The van der Waals surface area contributed by atoms with Gasteiger partial charge in [0.05, 0.1) is 24.4 Å². The number of nitrogens with one attached hydrogen (secondary N) is 2. The number of aromatic nitrogens is 1. The number of hydrogen-bond acceptors (Lipinski definition) is 7. The van der Waals surface area contributed by atoms with Crippen LogP contribution in [0.5, 0.6) is 0 Å². The first kappa shape index (κ1) is 28.6. The van der Waals surface area contributed by atoms with E-state index in [0.717, 1.165) is 17.1 Å². The molecule has 0 aliphatic rings. The fourth-order valence-electron chi connectivity index (χ4n) is 2.05. The van der Waals surface area contributed by atoms with Crippen LogP contribution in [0.2, 0.25) is 0 Å². The number of methoxy groups -OCH3 is 1. The quantitative estimate of drug-likeness (QED) is 0.600. The smallest absolute Gasteiger partial charge is 0.407 e. The maximum Gasteiger partial charge on any atom is 0.407 e. The summed E-state index contributed by atoms with van der Waals surface area (Å²) in [6, 6.07) is -1.00. The summed E-state index contributed by atoms with van der Waals surface area (Å²) < 4.78 is 9.55. The first-order valence-corrected chi connectivity index (χ1v) is 11.2. The summed E-state index contributed by atoms with van der Waals surface area (Å²) in [6.07, 6.45) is 0.596. The number of ether oxygens (including phenoxy) is 2. The number of thiazole rings is 1. The minimum Gasteiger partial charge on any atom is -0.467 e. The molecule has 1 aromatic heterocycles. The molecule has 0 aliphatic heterocycles. The van der Waals surface area contributed by atoms with Crippen molar-refractivity contribution >= 4 is 29.4 Å². The van der Waals surface area contributed by atoms with Crippen molar-refractivity contribution in [2.75, 3.05) is 20.7 Å². The Labute approximate surface area is 189 Å². The summed E-state index contributed by atoms with van der Waals surface area (Å²) in [5.74, 6) is -0.0882. The Morgan fingerprint density at radius 3 is 2.29 bits per heavy atom. The number of amides is 3. The number of nitrogens with zero attached hydrogens (tertiary/aromatic N) is 2. The van der Waals surface area contributed by atoms with Crippen LogP contribution in [0, 0.1) is 0 Å². The summed E-state index contributed by atoms with van der Waals surface area (Å²) in [6.45, 7) is 14.4. The third-order valence-electron chi connectivity index (χ3n) is 3.62. The average molecular weight is 459 g/mol. The zero-order valence-corrected chi connectivity index (χ0v) is 21.0. The van der Waals surface area contributed by atoms with E-state index in [1.807, 2.05) is 33.1 Å². The van der Waals surface area contributed by atoms with Crippen LogP contribution in [0.4, 0.5) is 9.59 Å². The fraction of sp³-hybridized carbons (Fsp3) is 0.714. The van der Waals surface area contributed by atoms with Crippen molar-refractivity contribution in [3.8, 4) is 0 Å². The minimum atomic E-state index is -0.670. The molecule has 9 nitrogen and oxygen atoms in total. The molecule has 1 atom stereocenters. The van der Waals surface area contributed by atoms with Gasteiger partial charge in [0.15, 0.2) is 0 Å². The predicted molar refractivity (Wildman–Crippen MR) is 122 cm³/mol. The van der Waals surface area contributed by atoms with Crippen molar-refractivity contribution in [3.63, 3.8) is 0 Å². The molecule has 0 fully saturated rings. The van der Waals surface area contributed by atoms with Gasteiger partial charge in [0.2, 0.25) is 0 Å². The molecule has 0 aromatic carbocycles. The number of carbonyl (C=O) groups is 3. The van der Waals surface area contributed by atoms with E-state index in [2.05, 4.69) is 34.2 Å². The molecular weight excluding hydrogens is 420 g/mol. The molecule has 0 saturated heterocycles. The molecule has 1 rings (SSSR count). The van der Waals surface area contributed by atoms with E-state index in [1.54, 1.807) is 25.3 Å². The summed E-state index contributed by atoms with van der Waals surface area (Å²) in [7, 11) is 2.95. The first-order valence-electron chi connectivity index (χ1n) is 10.3. The van der Waals surface area contributed by atoms with Crippen molar-refractivity contribution in [2.45, 2.75) is 79.0 Å². The predicted octanol–water partition coefficient (Wildman–Crippen LogP) is 3.89. The SMILES string of the molecule is CCCNC(=O)OC(C)(C)C.COC(=O)C(C)NC(=O)N(C)Cc1csc(C(C)C)n1. The second kappa shape index (κ2) is 13.8. The Morgan fingerprint density at radius 2 is 1.84 bits per heavy atom. The summed E-state index contributed by atoms with van der Waals surface area (Å²) in [4.78, 5) is 40.0. The summed E-state index contributed by atoms with van der Waals surface area (Å²) in [5.41, 5.74) is 0.458. The average Bonchev–Trinajstić information content (AvgIpc) is 3.13. The number of hydrogen-bond donors (Lipinski definition) is 2. The molecule has 0 radical (unpaired) electrons. The molecule has 2 N–H and O–H groups in total. The molecule has 0 bridgehead atoms. The summed E-state index contributed by atoms with van der Waals surface area (Å²) in [5, 5.41) is 8.20. The maximum absolute atomic E-state index is 11.9. The summed E-state index contributed by atoms with van der Waals surface area (Å²) >= 11 is 1.59. The van der Waals surface area contributed by atoms with Crippen molar-refractivity contribution in [1.82, 2.24) is 20.5 Å². The van der Waals surface area contributed by atoms with Crippen LogP contribution in [-0.4, -0.2) is 60.3 Å². The van der Waals surface area contributed by atoms with Gasteiger partial charge in [0.1, 0.15) is 11.6 Å². The van der Waals surface area contributed by atoms with E-state index in [0.29, 0.717) is 19.0 Å². The standard InChI is InChI=1S/C13H21N3O3S.C8H17NO2/c1-8(2)11-15-10(7-20-11)6-16(4)13(18)14-9(3)12(17)19-5;1-5-6-9-7(10)11-8(2,3)4/h7-9H,6H2,1-5H3,(H,14,18);5-6H2,1-4H3,(H,9,10). The molecule has 31 heavy (non-hydrogen) atoms. The highest BCUT2D eigenvalue weighted by atomic mass is 32.1. The van der Waals surface area contributed by atoms with Gasteiger partial charge in [-0.15, -0.1) is 11.3 Å². The maximum atomic E-state index is 11.9. The van der Waals surface area contributed by atoms with Crippen LogP contribution in [0.3, 0.4) is 0 Å². The molecule has 178 valence electrons. The lowest BCUT2D eigenvalue weighted by Crippen LogP contribution is -2.45. The zero-order chi connectivity index (χ0) is 24.2. The molecule has 1 unspecified atom stereocenters. The molecule has 0 aliphatic carbocycles. The highest BCUT2D eigenvalue weighted by Gasteiger charge is 2.19. The van der Waals surface area contributed by atoms with E-state index in [9.17, 15) is 14.4 Å². The van der Waals surface area contributed by atoms with E-state index >= 15 is 0 Å². The van der Waals surface area contributed by atoms with Gasteiger partial charge in [0, 0.05) is 24.9 Å². The Balaban J connectivity index is 0.000000695. The molecule has 0 saturated carbocycles. The zero-order valence-electron chi connectivity index (χ0n) is 20.2. The van der Waals surface area contributed by atoms with Gasteiger partial charge in [-0.1, -0.05) is 20.8 Å². The van der Waals surface area contributed by atoms with Crippen LogP contribution in [0.15, 0.2) is 5.38 Å². The van der Waals surface area contributed by atoms with Crippen molar-refractivity contribution in [2.24, 2.45) is 0 Å².